The summed E-state index contributed by atoms with van der Waals surface area (Å²) in [6, 6.07) is 11.9. The Morgan fingerprint density at radius 1 is 1.28 bits per heavy atom. The number of furan rings is 1. The van der Waals surface area contributed by atoms with Crippen molar-refractivity contribution in [3.05, 3.63) is 48.0 Å². The van der Waals surface area contributed by atoms with Gasteiger partial charge in [0.05, 0.1) is 18.0 Å². The van der Waals surface area contributed by atoms with Gasteiger partial charge < -0.3 is 4.42 Å². The van der Waals surface area contributed by atoms with E-state index in [1.54, 1.807) is 4.68 Å². The topological polar surface area (TPSA) is 84.7 Å². The molecule has 2 aliphatic rings. The maximum absolute atomic E-state index is 13.1. The molecule has 3 aromatic rings. The van der Waals surface area contributed by atoms with Gasteiger partial charge >= 0.3 is 0 Å². The first-order chi connectivity index (χ1) is 14.2. The molecule has 5 rings (SSSR count). The Bertz CT molecular complexity index is 1050. The molecule has 2 fully saturated rings. The molecule has 148 valence electrons. The number of nitrogens with zero attached hydrogens (tertiary/aromatic N) is 4. The average molecular weight is 388 g/mol. The van der Waals surface area contributed by atoms with Crippen LogP contribution < -0.4 is 0 Å². The Morgan fingerprint density at radius 3 is 2.79 bits per heavy atom. The number of para-hydroxylation sites is 1. The van der Waals surface area contributed by atoms with Crippen LogP contribution in [0.2, 0.25) is 0 Å². The molecule has 1 aromatic carbocycles. The van der Waals surface area contributed by atoms with Crippen molar-refractivity contribution < 1.29 is 9.21 Å². The minimum atomic E-state index is -0.523. The average Bonchev–Trinajstić information content (AvgIpc) is 3.20. The van der Waals surface area contributed by atoms with E-state index < -0.39 is 5.54 Å². The highest BCUT2D eigenvalue weighted by molar-refractivity contribution is 5.97. The van der Waals surface area contributed by atoms with E-state index in [1.807, 2.05) is 36.5 Å². The molecule has 2 aromatic heterocycles. The van der Waals surface area contributed by atoms with Gasteiger partial charge in [0.2, 0.25) is 0 Å². The molecule has 0 aliphatic heterocycles. The van der Waals surface area contributed by atoms with Crippen molar-refractivity contribution in [3.8, 4) is 6.07 Å². The summed E-state index contributed by atoms with van der Waals surface area (Å²) in [4.78, 5) is 13.1. The molecule has 0 bridgehead atoms. The zero-order chi connectivity index (χ0) is 19.8. The lowest BCUT2D eigenvalue weighted by molar-refractivity contribution is 0.0932. The number of Topliss-reactive ketones (excluding diaryl/α,β-unsaturated/α-hetero) is 1. The molecule has 2 aliphatic carbocycles. The number of ketones is 1. The minimum absolute atomic E-state index is 0.00717. The van der Waals surface area contributed by atoms with Crippen LogP contribution in [0, 0.1) is 17.2 Å². The van der Waals surface area contributed by atoms with Gasteiger partial charge in [-0.3, -0.25) is 4.79 Å². The van der Waals surface area contributed by atoms with Crippen molar-refractivity contribution in [1.29, 1.82) is 5.26 Å². The van der Waals surface area contributed by atoms with Gasteiger partial charge in [-0.25, -0.2) is 4.68 Å². The van der Waals surface area contributed by atoms with Crippen LogP contribution >= 0.6 is 0 Å². The highest BCUT2D eigenvalue weighted by Crippen LogP contribution is 2.43. The summed E-state index contributed by atoms with van der Waals surface area (Å²) in [5, 5.41) is 19.1. The Labute approximate surface area is 169 Å². The highest BCUT2D eigenvalue weighted by Gasteiger charge is 2.47. The van der Waals surface area contributed by atoms with Crippen molar-refractivity contribution in [2.45, 2.75) is 62.8 Å². The van der Waals surface area contributed by atoms with Gasteiger partial charge in [0.25, 0.3) is 0 Å². The summed E-state index contributed by atoms with van der Waals surface area (Å²) in [5.74, 6) is 0.849. The number of hydrogen-bond acceptors (Lipinski definition) is 5. The molecule has 2 heterocycles. The predicted molar refractivity (Wildman–Crippen MR) is 107 cm³/mol. The van der Waals surface area contributed by atoms with Crippen molar-refractivity contribution in [1.82, 2.24) is 15.0 Å². The lowest BCUT2D eigenvalue weighted by atomic mass is 9.76. The third kappa shape index (κ3) is 3.35. The fourth-order valence-electron chi connectivity index (χ4n) is 4.64. The van der Waals surface area contributed by atoms with Gasteiger partial charge in [-0.1, -0.05) is 42.7 Å². The van der Waals surface area contributed by atoms with E-state index >= 15 is 0 Å². The Hall–Kier alpha value is -2.94. The van der Waals surface area contributed by atoms with Crippen LogP contribution in [-0.4, -0.2) is 20.8 Å². The molecule has 6 nitrogen and oxygen atoms in total. The van der Waals surface area contributed by atoms with Crippen molar-refractivity contribution >= 4 is 16.8 Å². The molecule has 0 amide bonds. The van der Waals surface area contributed by atoms with Crippen molar-refractivity contribution in [3.63, 3.8) is 0 Å². The van der Waals surface area contributed by atoms with Crippen LogP contribution in [0.4, 0.5) is 0 Å². The lowest BCUT2D eigenvalue weighted by Crippen LogP contribution is -2.20. The van der Waals surface area contributed by atoms with E-state index in [-0.39, 0.29) is 11.7 Å². The number of aromatic nitrogens is 3. The molecule has 0 saturated heterocycles. The fraction of sp³-hybridized carbons (Fsp3) is 0.478. The first-order valence-electron chi connectivity index (χ1n) is 10.5. The second-order valence-electron chi connectivity index (χ2n) is 8.51. The third-order valence-electron chi connectivity index (χ3n) is 6.59. The van der Waals surface area contributed by atoms with E-state index in [9.17, 15) is 10.1 Å². The van der Waals surface area contributed by atoms with Crippen LogP contribution in [0.15, 0.2) is 40.9 Å². The first-order valence-corrected chi connectivity index (χ1v) is 10.5. The Kier molecular flexibility index (Phi) is 4.46. The smallest absolute Gasteiger partial charge is 0.198 e. The van der Waals surface area contributed by atoms with Crippen LogP contribution in [0.3, 0.4) is 0 Å². The van der Waals surface area contributed by atoms with Gasteiger partial charge in [0, 0.05) is 17.7 Å². The number of hydrogen-bond donors (Lipinski definition) is 0. The van der Waals surface area contributed by atoms with Gasteiger partial charge in [0.15, 0.2) is 17.1 Å². The first kappa shape index (κ1) is 18.1. The normalized spacial score (nSPS) is 19.7. The van der Waals surface area contributed by atoms with Gasteiger partial charge in [-0.2, -0.15) is 5.26 Å². The molecule has 0 unspecified atom stereocenters. The minimum Gasteiger partial charge on any atom is -0.453 e. The van der Waals surface area contributed by atoms with Crippen molar-refractivity contribution in [2.75, 3.05) is 0 Å². The number of rotatable bonds is 6. The molecule has 2 saturated carbocycles. The second kappa shape index (κ2) is 7.14. The summed E-state index contributed by atoms with van der Waals surface area (Å²) in [6.07, 6.45) is 9.75. The zero-order valence-corrected chi connectivity index (χ0v) is 16.4. The molecular formula is C23H24N4O2. The lowest BCUT2D eigenvalue weighted by Gasteiger charge is -2.28. The van der Waals surface area contributed by atoms with Crippen molar-refractivity contribution in [2.24, 2.45) is 5.92 Å². The largest absolute Gasteiger partial charge is 0.453 e. The predicted octanol–water partition coefficient (Wildman–Crippen LogP) is 4.97. The fourth-order valence-corrected chi connectivity index (χ4v) is 4.64. The maximum Gasteiger partial charge on any atom is 0.198 e. The summed E-state index contributed by atoms with van der Waals surface area (Å²) >= 11 is 0. The van der Waals surface area contributed by atoms with E-state index in [1.165, 1.54) is 19.3 Å². The number of benzene rings is 1. The summed E-state index contributed by atoms with van der Waals surface area (Å²) in [6.45, 7) is 0. The second-order valence-corrected chi connectivity index (χ2v) is 8.51. The highest BCUT2D eigenvalue weighted by atomic mass is 16.3. The van der Waals surface area contributed by atoms with Gasteiger partial charge in [-0.05, 0) is 43.7 Å². The third-order valence-corrected chi connectivity index (χ3v) is 6.59. The number of carbonyl (C=O) groups is 1. The van der Waals surface area contributed by atoms with E-state index in [2.05, 4.69) is 16.4 Å². The number of carbonyl (C=O) groups excluding carboxylic acids is 1. The van der Waals surface area contributed by atoms with E-state index in [4.69, 9.17) is 4.42 Å². The molecule has 0 radical (unpaired) electrons. The van der Waals surface area contributed by atoms with E-state index in [0.717, 1.165) is 42.3 Å². The maximum atomic E-state index is 13.1. The van der Waals surface area contributed by atoms with E-state index in [0.29, 0.717) is 18.1 Å². The Morgan fingerprint density at radius 2 is 2.07 bits per heavy atom. The van der Waals surface area contributed by atoms with Crippen LogP contribution in [0.25, 0.3) is 11.0 Å². The molecule has 0 N–H and O–H groups in total. The summed E-state index contributed by atoms with van der Waals surface area (Å²) in [5.41, 5.74) is 1.05. The Balaban J connectivity index is 1.43. The van der Waals surface area contributed by atoms with Gasteiger partial charge in [0.1, 0.15) is 5.58 Å². The number of fused-ring (bicyclic) bond motifs is 1. The van der Waals surface area contributed by atoms with Gasteiger partial charge in [-0.15, -0.1) is 5.10 Å². The SMILES string of the molecule is N#CC1(n2cc([C@@H](CC(=O)c3cc4ccccc4o3)C3CCCCC3)nn2)CC1. The summed E-state index contributed by atoms with van der Waals surface area (Å²) in [7, 11) is 0. The quantitative estimate of drug-likeness (QED) is 0.556. The summed E-state index contributed by atoms with van der Waals surface area (Å²) < 4.78 is 7.52. The zero-order valence-electron chi connectivity index (χ0n) is 16.4. The monoisotopic (exact) mass is 388 g/mol. The van der Waals surface area contributed by atoms with Crippen LogP contribution in [0.5, 0.6) is 0 Å². The van der Waals surface area contributed by atoms with Crippen LogP contribution in [-0.2, 0) is 5.54 Å². The molecular weight excluding hydrogens is 364 g/mol. The molecule has 0 spiro atoms. The van der Waals surface area contributed by atoms with Crippen LogP contribution in [0.1, 0.15) is 73.5 Å². The standard InChI is InChI=1S/C23H24N4O2/c24-15-23(10-11-23)27-14-19(25-26-27)18(16-6-2-1-3-7-16)13-20(28)22-12-17-8-4-5-9-21(17)29-22/h4-5,8-9,12,14,16,18H,1-3,6-7,10-11,13H2/t18-/m0/s1. The molecule has 29 heavy (non-hydrogen) atoms. The number of nitriles is 1. The molecule has 1 atom stereocenters. The molecule has 6 heteroatoms.